The van der Waals surface area contributed by atoms with E-state index in [1.165, 1.54) is 19.3 Å². The fraction of sp³-hybridized carbons (Fsp3) is 1.00. The van der Waals surface area contributed by atoms with Crippen LogP contribution in [0.5, 0.6) is 0 Å². The predicted octanol–water partition coefficient (Wildman–Crippen LogP) is 2.92. The highest BCUT2D eigenvalue weighted by Crippen LogP contribution is 2.42. The Morgan fingerprint density at radius 2 is 1.94 bits per heavy atom. The van der Waals surface area contributed by atoms with E-state index in [0.717, 1.165) is 12.5 Å². The predicted molar refractivity (Wildman–Crippen MR) is 65.2 cm³/mol. The number of piperidine rings is 1. The summed E-state index contributed by atoms with van der Waals surface area (Å²) in [6.45, 7) is 3.52. The van der Waals surface area contributed by atoms with Gasteiger partial charge >= 0.3 is 6.18 Å². The molecule has 0 amide bonds. The Morgan fingerprint density at radius 1 is 1.22 bits per heavy atom. The average Bonchev–Trinajstić information content (AvgIpc) is 2.88. The number of nitrogens with zero attached hydrogens (tertiary/aromatic N) is 1. The number of alkyl halides is 3. The van der Waals surface area contributed by atoms with E-state index in [-0.39, 0.29) is 12.0 Å². The second kappa shape index (κ2) is 5.00. The molecule has 1 aliphatic carbocycles. The van der Waals surface area contributed by atoms with Gasteiger partial charge in [0.25, 0.3) is 0 Å². The quantitative estimate of drug-likeness (QED) is 0.827. The van der Waals surface area contributed by atoms with Crippen molar-refractivity contribution in [2.45, 2.75) is 63.2 Å². The molecule has 1 heterocycles. The second-order valence-corrected chi connectivity index (χ2v) is 6.16. The van der Waals surface area contributed by atoms with Gasteiger partial charge in [-0.15, -0.1) is 0 Å². The lowest BCUT2D eigenvalue weighted by atomic mass is 9.90. The minimum Gasteiger partial charge on any atom is -0.329 e. The molecule has 0 aromatic carbocycles. The third kappa shape index (κ3) is 2.99. The van der Waals surface area contributed by atoms with Crippen molar-refractivity contribution in [1.82, 2.24) is 4.90 Å². The van der Waals surface area contributed by atoms with Crippen molar-refractivity contribution in [3.05, 3.63) is 0 Å². The third-order valence-corrected chi connectivity index (χ3v) is 4.72. The van der Waals surface area contributed by atoms with Gasteiger partial charge in [0.15, 0.2) is 0 Å². The zero-order valence-electron chi connectivity index (χ0n) is 11.0. The fourth-order valence-corrected chi connectivity index (χ4v) is 3.62. The largest absolute Gasteiger partial charge is 0.389 e. The molecule has 2 rings (SSSR count). The minimum atomic E-state index is -4.04. The lowest BCUT2D eigenvalue weighted by molar-refractivity contribution is -0.137. The molecule has 2 nitrogen and oxygen atoms in total. The van der Waals surface area contributed by atoms with Crippen molar-refractivity contribution >= 4 is 0 Å². The highest BCUT2D eigenvalue weighted by molar-refractivity contribution is 5.00. The Balaban J connectivity index is 1.89. The zero-order valence-corrected chi connectivity index (χ0v) is 11.0. The maximum absolute atomic E-state index is 12.2. The Hall–Kier alpha value is -0.290. The van der Waals surface area contributed by atoms with Gasteiger partial charge in [0.05, 0.1) is 0 Å². The molecule has 106 valence electrons. The van der Waals surface area contributed by atoms with Crippen LogP contribution >= 0.6 is 0 Å². The van der Waals surface area contributed by atoms with Crippen molar-refractivity contribution in [1.29, 1.82) is 0 Å². The smallest absolute Gasteiger partial charge is 0.329 e. The molecule has 1 saturated carbocycles. The molecule has 2 bridgehead atoms. The highest BCUT2D eigenvalue weighted by atomic mass is 19.4. The molecule has 1 saturated heterocycles. The van der Waals surface area contributed by atoms with E-state index >= 15 is 0 Å². The summed E-state index contributed by atoms with van der Waals surface area (Å²) in [6.07, 6.45) is -0.305. The molecular formula is C13H23F3N2. The molecule has 2 fully saturated rings. The molecule has 3 atom stereocenters. The summed E-state index contributed by atoms with van der Waals surface area (Å²) in [5, 5.41) is 0. The summed E-state index contributed by atoms with van der Waals surface area (Å²) in [4.78, 5) is 2.39. The average molecular weight is 264 g/mol. The molecule has 3 unspecified atom stereocenters. The molecule has 5 heteroatoms. The Kier molecular flexibility index (Phi) is 3.93. The highest BCUT2D eigenvalue weighted by Gasteiger charge is 2.45. The van der Waals surface area contributed by atoms with E-state index in [0.29, 0.717) is 19.0 Å². The van der Waals surface area contributed by atoms with Crippen molar-refractivity contribution in [2.75, 3.05) is 13.1 Å². The minimum absolute atomic E-state index is 0.186. The van der Waals surface area contributed by atoms with E-state index in [1.807, 2.05) is 6.92 Å². The van der Waals surface area contributed by atoms with Gasteiger partial charge < -0.3 is 5.73 Å². The normalized spacial score (nSPS) is 31.8. The summed E-state index contributed by atoms with van der Waals surface area (Å²) in [5.74, 6) is 0.753. The number of rotatable bonds is 5. The summed E-state index contributed by atoms with van der Waals surface area (Å²) in [6, 6.07) is 0.564. The number of halogens is 3. The van der Waals surface area contributed by atoms with Gasteiger partial charge in [-0.05, 0) is 44.9 Å². The standard InChI is InChI=1S/C13H23F3N2/c1-12(9-17,5-2-6-13(14,15)16)18-8-10-3-4-11(18)7-10/h10-11H,2-9,17H2,1H3. The van der Waals surface area contributed by atoms with E-state index in [1.54, 1.807) is 0 Å². The molecule has 0 aromatic heterocycles. The monoisotopic (exact) mass is 264 g/mol. The third-order valence-electron chi connectivity index (χ3n) is 4.72. The Bertz CT molecular complexity index is 292. The Labute approximate surface area is 107 Å². The van der Waals surface area contributed by atoms with Crippen molar-refractivity contribution < 1.29 is 13.2 Å². The van der Waals surface area contributed by atoms with Gasteiger partial charge in [-0.2, -0.15) is 13.2 Å². The number of fused-ring (bicyclic) bond motifs is 2. The zero-order chi connectivity index (χ0) is 13.4. The van der Waals surface area contributed by atoms with E-state index in [9.17, 15) is 13.2 Å². The molecule has 2 aliphatic rings. The lowest BCUT2D eigenvalue weighted by Crippen LogP contribution is -2.54. The molecule has 1 aliphatic heterocycles. The van der Waals surface area contributed by atoms with Gasteiger partial charge in [0.2, 0.25) is 0 Å². The van der Waals surface area contributed by atoms with E-state index in [2.05, 4.69) is 4.90 Å². The summed E-state index contributed by atoms with van der Waals surface area (Å²) in [5.41, 5.74) is 5.60. The van der Waals surface area contributed by atoms with Crippen LogP contribution in [0.3, 0.4) is 0 Å². The summed E-state index contributed by atoms with van der Waals surface area (Å²) >= 11 is 0. The molecule has 0 radical (unpaired) electrons. The topological polar surface area (TPSA) is 29.3 Å². The summed E-state index contributed by atoms with van der Waals surface area (Å²) in [7, 11) is 0. The van der Waals surface area contributed by atoms with Crippen molar-refractivity contribution in [3.8, 4) is 0 Å². The molecular weight excluding hydrogens is 241 g/mol. The van der Waals surface area contributed by atoms with Crippen LogP contribution in [-0.4, -0.2) is 35.7 Å². The first-order chi connectivity index (χ1) is 8.34. The van der Waals surface area contributed by atoms with Crippen LogP contribution in [0.25, 0.3) is 0 Å². The van der Waals surface area contributed by atoms with Crippen LogP contribution in [0.4, 0.5) is 13.2 Å². The van der Waals surface area contributed by atoms with Crippen LogP contribution in [0.2, 0.25) is 0 Å². The van der Waals surface area contributed by atoms with Crippen LogP contribution in [0.15, 0.2) is 0 Å². The van der Waals surface area contributed by atoms with Gasteiger partial charge in [-0.1, -0.05) is 0 Å². The Morgan fingerprint density at radius 3 is 2.39 bits per heavy atom. The molecule has 18 heavy (non-hydrogen) atoms. The van der Waals surface area contributed by atoms with Gasteiger partial charge in [0, 0.05) is 31.1 Å². The second-order valence-electron chi connectivity index (χ2n) is 6.16. The first-order valence-electron chi connectivity index (χ1n) is 6.88. The first kappa shape index (κ1) is 14.1. The molecule has 2 N–H and O–H groups in total. The number of hydrogen-bond donors (Lipinski definition) is 1. The number of hydrogen-bond acceptors (Lipinski definition) is 2. The van der Waals surface area contributed by atoms with E-state index in [4.69, 9.17) is 5.73 Å². The van der Waals surface area contributed by atoms with Gasteiger partial charge in [-0.3, -0.25) is 4.90 Å². The van der Waals surface area contributed by atoms with Crippen molar-refractivity contribution in [2.24, 2.45) is 11.7 Å². The maximum Gasteiger partial charge on any atom is 0.389 e. The molecule has 0 spiro atoms. The van der Waals surface area contributed by atoms with Crippen LogP contribution in [0, 0.1) is 5.92 Å². The first-order valence-corrected chi connectivity index (χ1v) is 6.88. The molecule has 0 aromatic rings. The SMILES string of the molecule is CC(CN)(CCCC(F)(F)F)N1CC2CCC1C2. The summed E-state index contributed by atoms with van der Waals surface area (Å²) < 4.78 is 36.7. The van der Waals surface area contributed by atoms with Crippen molar-refractivity contribution in [3.63, 3.8) is 0 Å². The number of likely N-dealkylation sites (tertiary alicyclic amines) is 1. The van der Waals surface area contributed by atoms with Crippen LogP contribution < -0.4 is 5.73 Å². The maximum atomic E-state index is 12.2. The van der Waals surface area contributed by atoms with Gasteiger partial charge in [0.1, 0.15) is 0 Å². The van der Waals surface area contributed by atoms with Gasteiger partial charge in [-0.25, -0.2) is 0 Å². The lowest BCUT2D eigenvalue weighted by Gasteiger charge is -2.43. The van der Waals surface area contributed by atoms with Crippen LogP contribution in [0.1, 0.15) is 45.4 Å². The van der Waals surface area contributed by atoms with E-state index < -0.39 is 12.6 Å². The fourth-order valence-electron chi connectivity index (χ4n) is 3.62. The number of nitrogens with two attached hydrogens (primary N) is 1. The van der Waals surface area contributed by atoms with Crippen LogP contribution in [-0.2, 0) is 0 Å².